The Kier molecular flexibility index (Phi) is 5.22. The Balaban J connectivity index is 1.74. The Morgan fingerprint density at radius 1 is 1.26 bits per heavy atom. The van der Waals surface area contributed by atoms with Gasteiger partial charge in [0.15, 0.2) is 17.2 Å². The zero-order chi connectivity index (χ0) is 22.8. The standard InChI is InChI=1S/C27H36O4/c1-16(2)13-24(30)31-27(18(4)28)12-9-22-20-14-17(3)23-15-19(29)7-10-25(23,5)21(20)8-11-26(22,27)6/h8,15-16,20,22H,3,7,9-14H2,1-2,4-6H3/t20-,22+,25-,26+,27+/m1/s1. The van der Waals surface area contributed by atoms with Crippen LogP contribution in [0.3, 0.4) is 0 Å². The van der Waals surface area contributed by atoms with Gasteiger partial charge in [-0.3, -0.25) is 14.4 Å². The van der Waals surface area contributed by atoms with Gasteiger partial charge in [0.2, 0.25) is 0 Å². The molecule has 4 rings (SSSR count). The van der Waals surface area contributed by atoms with Crippen molar-refractivity contribution in [3.63, 3.8) is 0 Å². The average molecular weight is 425 g/mol. The van der Waals surface area contributed by atoms with Crippen LogP contribution in [-0.2, 0) is 19.1 Å². The molecule has 0 aromatic carbocycles. The SMILES string of the molecule is C=C1C[C@@H]2C(=CC[C@@]3(C)[C@H]2CC[C@]3(OC(=O)CC(C)C)C(C)=O)[C@@]2(C)CCC(=O)C=C12. The van der Waals surface area contributed by atoms with Crippen molar-refractivity contribution in [1.29, 1.82) is 0 Å². The third-order valence-corrected chi connectivity index (χ3v) is 8.87. The number of fused-ring (bicyclic) bond motifs is 5. The van der Waals surface area contributed by atoms with Gasteiger partial charge in [-0.2, -0.15) is 0 Å². The number of carbonyl (C=O) groups is 3. The monoisotopic (exact) mass is 424 g/mol. The molecule has 0 unspecified atom stereocenters. The van der Waals surface area contributed by atoms with E-state index in [1.165, 1.54) is 5.57 Å². The van der Waals surface area contributed by atoms with Crippen molar-refractivity contribution in [3.05, 3.63) is 35.5 Å². The summed E-state index contributed by atoms with van der Waals surface area (Å²) in [5, 5.41) is 0. The van der Waals surface area contributed by atoms with Gasteiger partial charge in [-0.05, 0) is 68.4 Å². The molecule has 0 aliphatic heterocycles. The molecule has 0 aromatic rings. The van der Waals surface area contributed by atoms with E-state index in [4.69, 9.17) is 4.74 Å². The van der Waals surface area contributed by atoms with E-state index < -0.39 is 11.0 Å². The van der Waals surface area contributed by atoms with E-state index in [1.54, 1.807) is 6.92 Å². The van der Waals surface area contributed by atoms with E-state index in [0.717, 1.165) is 36.8 Å². The maximum absolute atomic E-state index is 13.0. The Morgan fingerprint density at radius 2 is 1.97 bits per heavy atom. The lowest BCUT2D eigenvalue weighted by Crippen LogP contribution is -2.56. The summed E-state index contributed by atoms with van der Waals surface area (Å²) in [6, 6.07) is 0. The summed E-state index contributed by atoms with van der Waals surface area (Å²) in [5.41, 5.74) is 1.96. The van der Waals surface area contributed by atoms with Crippen LogP contribution in [0.25, 0.3) is 0 Å². The minimum Gasteiger partial charge on any atom is -0.450 e. The number of esters is 1. The number of hydrogen-bond acceptors (Lipinski definition) is 4. The second kappa shape index (κ2) is 7.28. The molecule has 4 aliphatic rings. The second-order valence-electron chi connectivity index (χ2n) is 11.2. The van der Waals surface area contributed by atoms with Crippen LogP contribution in [0.2, 0.25) is 0 Å². The van der Waals surface area contributed by atoms with Crippen molar-refractivity contribution in [1.82, 2.24) is 0 Å². The molecule has 2 fully saturated rings. The first-order valence-corrected chi connectivity index (χ1v) is 11.8. The number of hydrogen-bond donors (Lipinski definition) is 0. The number of Topliss-reactive ketones (excluding diaryl/α,β-unsaturated/α-hetero) is 1. The van der Waals surface area contributed by atoms with Crippen LogP contribution in [0, 0.1) is 28.6 Å². The molecule has 0 spiro atoms. The third kappa shape index (κ3) is 3.12. The van der Waals surface area contributed by atoms with E-state index in [2.05, 4.69) is 26.5 Å². The minimum atomic E-state index is -1.05. The fraction of sp³-hybridized carbons (Fsp3) is 0.667. The van der Waals surface area contributed by atoms with E-state index >= 15 is 0 Å². The molecule has 0 heterocycles. The number of ketones is 2. The van der Waals surface area contributed by atoms with Gasteiger partial charge in [0, 0.05) is 23.7 Å². The van der Waals surface area contributed by atoms with Crippen molar-refractivity contribution in [2.75, 3.05) is 0 Å². The lowest BCUT2D eigenvalue weighted by atomic mass is 9.49. The van der Waals surface area contributed by atoms with Crippen LogP contribution in [0.1, 0.15) is 79.6 Å². The van der Waals surface area contributed by atoms with E-state index in [-0.39, 0.29) is 40.7 Å². The zero-order valence-corrected chi connectivity index (χ0v) is 19.7. The summed E-state index contributed by atoms with van der Waals surface area (Å²) in [6.45, 7) is 14.3. The predicted octanol–water partition coefficient (Wildman–Crippen LogP) is 5.52. The maximum atomic E-state index is 13.0. The van der Waals surface area contributed by atoms with Gasteiger partial charge < -0.3 is 4.74 Å². The lowest BCUT2D eigenvalue weighted by Gasteiger charge is -2.55. The summed E-state index contributed by atoms with van der Waals surface area (Å²) in [7, 11) is 0. The van der Waals surface area contributed by atoms with Crippen molar-refractivity contribution in [2.45, 2.75) is 85.2 Å². The summed E-state index contributed by atoms with van der Waals surface area (Å²) in [6.07, 6.45) is 8.86. The highest BCUT2D eigenvalue weighted by atomic mass is 16.6. The molecule has 4 aliphatic carbocycles. The van der Waals surface area contributed by atoms with Crippen molar-refractivity contribution in [2.24, 2.45) is 28.6 Å². The highest BCUT2D eigenvalue weighted by Gasteiger charge is 2.66. The van der Waals surface area contributed by atoms with Crippen LogP contribution in [0.5, 0.6) is 0 Å². The Morgan fingerprint density at radius 3 is 2.61 bits per heavy atom. The molecular formula is C27H36O4. The van der Waals surface area contributed by atoms with Crippen LogP contribution >= 0.6 is 0 Å². The van der Waals surface area contributed by atoms with Crippen molar-refractivity contribution < 1.29 is 19.1 Å². The molecule has 0 aromatic heterocycles. The topological polar surface area (TPSA) is 60.4 Å². The first kappa shape index (κ1) is 22.2. The highest BCUT2D eigenvalue weighted by Crippen LogP contribution is 2.67. The van der Waals surface area contributed by atoms with Gasteiger partial charge in [-0.15, -0.1) is 0 Å². The molecule has 5 atom stereocenters. The molecule has 31 heavy (non-hydrogen) atoms. The molecule has 0 radical (unpaired) electrons. The minimum absolute atomic E-state index is 0.0313. The predicted molar refractivity (Wildman–Crippen MR) is 120 cm³/mol. The van der Waals surface area contributed by atoms with Gasteiger partial charge in [-0.1, -0.05) is 51.5 Å². The first-order valence-electron chi connectivity index (χ1n) is 11.8. The van der Waals surface area contributed by atoms with Gasteiger partial charge in [-0.25, -0.2) is 0 Å². The molecule has 4 heteroatoms. The average Bonchev–Trinajstić information content (AvgIpc) is 2.96. The second-order valence-corrected chi connectivity index (χ2v) is 11.2. The molecule has 168 valence electrons. The van der Waals surface area contributed by atoms with E-state index in [9.17, 15) is 14.4 Å². The number of ether oxygens (including phenoxy) is 1. The Labute approximate surface area is 186 Å². The zero-order valence-electron chi connectivity index (χ0n) is 19.7. The van der Waals surface area contributed by atoms with Crippen LogP contribution < -0.4 is 0 Å². The quantitative estimate of drug-likeness (QED) is 0.440. The molecule has 0 amide bonds. The van der Waals surface area contributed by atoms with Gasteiger partial charge in [0.25, 0.3) is 0 Å². The Hall–Kier alpha value is -1.97. The van der Waals surface area contributed by atoms with Crippen LogP contribution in [0.4, 0.5) is 0 Å². The molecule has 2 saturated carbocycles. The fourth-order valence-corrected chi connectivity index (χ4v) is 7.26. The van der Waals surface area contributed by atoms with Gasteiger partial charge >= 0.3 is 5.97 Å². The Bertz CT molecular complexity index is 922. The summed E-state index contributed by atoms with van der Waals surface area (Å²) >= 11 is 0. The van der Waals surface area contributed by atoms with E-state index in [0.29, 0.717) is 19.3 Å². The summed E-state index contributed by atoms with van der Waals surface area (Å²) < 4.78 is 6.10. The molecule has 0 N–H and O–H groups in total. The van der Waals surface area contributed by atoms with Crippen LogP contribution in [-0.4, -0.2) is 23.1 Å². The number of carbonyl (C=O) groups excluding carboxylic acids is 3. The smallest absolute Gasteiger partial charge is 0.307 e. The molecule has 4 nitrogen and oxygen atoms in total. The highest BCUT2D eigenvalue weighted by molar-refractivity contribution is 5.93. The maximum Gasteiger partial charge on any atom is 0.307 e. The first-order chi connectivity index (χ1) is 14.4. The van der Waals surface area contributed by atoms with Gasteiger partial charge in [0.05, 0.1) is 0 Å². The largest absolute Gasteiger partial charge is 0.450 e. The lowest BCUT2D eigenvalue weighted by molar-refractivity contribution is -0.183. The summed E-state index contributed by atoms with van der Waals surface area (Å²) in [4.78, 5) is 37.9. The molecular weight excluding hydrogens is 388 g/mol. The molecule has 0 saturated heterocycles. The van der Waals surface area contributed by atoms with E-state index in [1.807, 2.05) is 19.9 Å². The van der Waals surface area contributed by atoms with Crippen LogP contribution in [0.15, 0.2) is 35.5 Å². The van der Waals surface area contributed by atoms with Crippen molar-refractivity contribution in [3.8, 4) is 0 Å². The normalized spacial score (nSPS) is 39.3. The summed E-state index contributed by atoms with van der Waals surface area (Å²) in [5.74, 6) is 0.638. The van der Waals surface area contributed by atoms with Gasteiger partial charge in [0.1, 0.15) is 0 Å². The molecule has 0 bridgehead atoms. The number of allylic oxidation sites excluding steroid dienone is 5. The van der Waals surface area contributed by atoms with Crippen molar-refractivity contribution >= 4 is 17.5 Å². The number of rotatable bonds is 4. The fourth-order valence-electron chi connectivity index (χ4n) is 7.26. The third-order valence-electron chi connectivity index (χ3n) is 8.87.